The molecule has 0 bridgehead atoms. The van der Waals surface area contributed by atoms with Crippen LogP contribution >= 0.6 is 0 Å². The molecule has 3 atom stereocenters. The maximum atomic E-state index is 12.7. The van der Waals surface area contributed by atoms with Crippen LogP contribution in [0.5, 0.6) is 0 Å². The van der Waals surface area contributed by atoms with Gasteiger partial charge in [0.25, 0.3) is 0 Å². The Kier molecular flexibility index (Phi) is 8.83. The number of hydrogen-bond acceptors (Lipinski definition) is 6. The van der Waals surface area contributed by atoms with Crippen molar-refractivity contribution in [3.05, 3.63) is 0 Å². The Morgan fingerprint density at radius 3 is 2.39 bits per heavy atom. The normalized spacial score (nSPS) is 18.4. The minimum atomic E-state index is -1.20. The second kappa shape index (κ2) is 10.6. The minimum absolute atomic E-state index is 0.0613. The Labute approximate surface area is 163 Å². The third-order valence-electron chi connectivity index (χ3n) is 4.33. The van der Waals surface area contributed by atoms with E-state index in [9.17, 15) is 24.0 Å². The summed E-state index contributed by atoms with van der Waals surface area (Å²) in [6, 6.07) is -2.87. The molecule has 0 spiro atoms. The lowest BCUT2D eigenvalue weighted by Gasteiger charge is -2.28. The zero-order chi connectivity index (χ0) is 21.4. The van der Waals surface area contributed by atoms with Gasteiger partial charge in [0, 0.05) is 6.54 Å². The van der Waals surface area contributed by atoms with E-state index in [1.54, 1.807) is 0 Å². The molecule has 7 N–H and O–H groups in total. The Bertz CT molecular complexity index is 623. The van der Waals surface area contributed by atoms with Gasteiger partial charge in [-0.05, 0) is 25.2 Å². The maximum absolute atomic E-state index is 12.7. The molecule has 0 radical (unpaired) electrons. The molecule has 3 unspecified atom stereocenters. The molecule has 0 aromatic carbocycles. The Morgan fingerprint density at radius 1 is 1.21 bits per heavy atom. The van der Waals surface area contributed by atoms with Gasteiger partial charge in [0.1, 0.15) is 18.6 Å². The number of carbonyl (C=O) groups is 5. The molecule has 0 saturated carbocycles. The number of nitrogens with one attached hydrogen (secondary N) is 2. The molecule has 1 aliphatic rings. The average Bonchev–Trinajstić information content (AvgIpc) is 3.06. The fourth-order valence-corrected chi connectivity index (χ4v) is 3.08. The van der Waals surface area contributed by atoms with E-state index in [4.69, 9.17) is 16.6 Å². The monoisotopic (exact) mass is 399 g/mol. The zero-order valence-electron chi connectivity index (χ0n) is 16.1. The van der Waals surface area contributed by atoms with Gasteiger partial charge in [-0.15, -0.1) is 0 Å². The molecule has 1 rings (SSSR count). The number of nitrogens with zero attached hydrogens (tertiary/aromatic N) is 1. The van der Waals surface area contributed by atoms with Crippen LogP contribution in [0.15, 0.2) is 0 Å². The Morgan fingerprint density at radius 2 is 1.86 bits per heavy atom. The van der Waals surface area contributed by atoms with Crippen molar-refractivity contribution < 1.29 is 29.1 Å². The van der Waals surface area contributed by atoms with Gasteiger partial charge in [-0.1, -0.05) is 13.8 Å². The molecule has 158 valence electrons. The average molecular weight is 399 g/mol. The molecule has 11 nitrogen and oxygen atoms in total. The second-order valence-corrected chi connectivity index (χ2v) is 7.27. The van der Waals surface area contributed by atoms with Crippen molar-refractivity contribution in [1.29, 1.82) is 0 Å². The van der Waals surface area contributed by atoms with Crippen LogP contribution < -0.4 is 22.1 Å². The predicted molar refractivity (Wildman–Crippen MR) is 98.6 cm³/mol. The molecule has 0 aliphatic carbocycles. The smallest absolute Gasteiger partial charge is 0.322 e. The van der Waals surface area contributed by atoms with Gasteiger partial charge in [0.15, 0.2) is 0 Å². The summed E-state index contributed by atoms with van der Waals surface area (Å²) >= 11 is 0. The van der Waals surface area contributed by atoms with E-state index in [-0.39, 0.29) is 12.3 Å². The molecule has 28 heavy (non-hydrogen) atoms. The van der Waals surface area contributed by atoms with E-state index in [2.05, 4.69) is 10.6 Å². The predicted octanol–water partition coefficient (Wildman–Crippen LogP) is -2.09. The van der Waals surface area contributed by atoms with Gasteiger partial charge in [-0.3, -0.25) is 24.0 Å². The van der Waals surface area contributed by atoms with Crippen molar-refractivity contribution in [2.24, 2.45) is 17.4 Å². The van der Waals surface area contributed by atoms with Crippen LogP contribution in [0.1, 0.15) is 39.5 Å². The summed E-state index contributed by atoms with van der Waals surface area (Å²) in [7, 11) is 0. The van der Waals surface area contributed by atoms with Crippen molar-refractivity contribution in [3.63, 3.8) is 0 Å². The van der Waals surface area contributed by atoms with E-state index in [1.807, 2.05) is 13.8 Å². The minimum Gasteiger partial charge on any atom is -0.480 e. The Hall–Kier alpha value is -2.69. The summed E-state index contributed by atoms with van der Waals surface area (Å²) in [4.78, 5) is 60.3. The highest BCUT2D eigenvalue weighted by atomic mass is 16.4. The number of primary amides is 1. The number of carboxylic acid groups (broad SMARTS) is 1. The molecule has 0 aromatic heterocycles. The summed E-state index contributed by atoms with van der Waals surface area (Å²) in [5.41, 5.74) is 10.8. The van der Waals surface area contributed by atoms with Crippen LogP contribution in [0.25, 0.3) is 0 Å². The van der Waals surface area contributed by atoms with Gasteiger partial charge in [-0.2, -0.15) is 0 Å². The largest absolute Gasteiger partial charge is 0.480 e. The fraction of sp³-hybridized carbons (Fsp3) is 0.706. The summed E-state index contributed by atoms with van der Waals surface area (Å²) < 4.78 is 0. The first-order valence-corrected chi connectivity index (χ1v) is 9.17. The number of rotatable bonds is 10. The molecular weight excluding hydrogens is 370 g/mol. The van der Waals surface area contributed by atoms with E-state index in [0.717, 1.165) is 0 Å². The number of amides is 4. The third-order valence-corrected chi connectivity index (χ3v) is 4.33. The maximum Gasteiger partial charge on any atom is 0.322 e. The van der Waals surface area contributed by atoms with Gasteiger partial charge in [0.2, 0.25) is 23.6 Å². The third kappa shape index (κ3) is 7.14. The number of carboxylic acids is 1. The molecule has 0 aromatic rings. The molecule has 11 heteroatoms. The quantitative estimate of drug-likeness (QED) is 0.279. The van der Waals surface area contributed by atoms with Crippen LogP contribution in [0.2, 0.25) is 0 Å². The van der Waals surface area contributed by atoms with Gasteiger partial charge in [0.05, 0.1) is 12.5 Å². The van der Waals surface area contributed by atoms with E-state index >= 15 is 0 Å². The first-order valence-electron chi connectivity index (χ1n) is 9.17. The van der Waals surface area contributed by atoms with Crippen LogP contribution in [0.4, 0.5) is 0 Å². The molecule has 1 saturated heterocycles. The lowest BCUT2D eigenvalue weighted by molar-refractivity contribution is -0.141. The molecule has 1 aliphatic heterocycles. The van der Waals surface area contributed by atoms with Crippen molar-refractivity contribution in [1.82, 2.24) is 15.5 Å². The highest BCUT2D eigenvalue weighted by Gasteiger charge is 2.37. The number of aliphatic carboxylic acids is 1. The summed E-state index contributed by atoms with van der Waals surface area (Å²) in [5.74, 6) is -3.52. The second-order valence-electron chi connectivity index (χ2n) is 7.27. The van der Waals surface area contributed by atoms with Crippen LogP contribution in [0, 0.1) is 5.92 Å². The number of nitrogens with two attached hydrogens (primary N) is 2. The number of carbonyl (C=O) groups excluding carboxylic acids is 4. The van der Waals surface area contributed by atoms with Crippen molar-refractivity contribution in [2.75, 3.05) is 13.1 Å². The van der Waals surface area contributed by atoms with E-state index in [0.29, 0.717) is 25.8 Å². The van der Waals surface area contributed by atoms with Gasteiger partial charge in [-0.25, -0.2) is 0 Å². The van der Waals surface area contributed by atoms with Crippen LogP contribution in [0.3, 0.4) is 0 Å². The molecule has 1 heterocycles. The fourth-order valence-electron chi connectivity index (χ4n) is 3.08. The van der Waals surface area contributed by atoms with Gasteiger partial charge >= 0.3 is 5.97 Å². The number of likely N-dealkylation sites (tertiary alicyclic amines) is 1. The first-order chi connectivity index (χ1) is 13.0. The highest BCUT2D eigenvalue weighted by molar-refractivity contribution is 5.95. The lowest BCUT2D eigenvalue weighted by Crippen LogP contribution is -2.56. The van der Waals surface area contributed by atoms with E-state index in [1.165, 1.54) is 4.90 Å². The molecule has 1 fully saturated rings. The summed E-state index contributed by atoms with van der Waals surface area (Å²) in [6.07, 6.45) is 0.954. The first kappa shape index (κ1) is 23.3. The number of hydrogen-bond donors (Lipinski definition) is 5. The van der Waals surface area contributed by atoms with Crippen LogP contribution in [-0.4, -0.2) is 70.8 Å². The van der Waals surface area contributed by atoms with Crippen molar-refractivity contribution in [2.45, 2.75) is 57.7 Å². The Balaban J connectivity index is 2.81. The summed E-state index contributed by atoms with van der Waals surface area (Å²) in [5, 5.41) is 13.6. The topological polar surface area (TPSA) is 185 Å². The van der Waals surface area contributed by atoms with Crippen LogP contribution in [-0.2, 0) is 24.0 Å². The SMILES string of the molecule is CC(C)CC(NC(=O)C1CCCN1C(=O)C(N)CC(N)=O)C(=O)NCC(=O)O. The van der Waals surface area contributed by atoms with Gasteiger partial charge < -0.3 is 32.1 Å². The van der Waals surface area contributed by atoms with E-state index < -0.39 is 54.3 Å². The van der Waals surface area contributed by atoms with Crippen molar-refractivity contribution in [3.8, 4) is 0 Å². The highest BCUT2D eigenvalue weighted by Crippen LogP contribution is 2.19. The molecular formula is C17H29N5O6. The molecule has 4 amide bonds. The zero-order valence-corrected chi connectivity index (χ0v) is 16.1. The summed E-state index contributed by atoms with van der Waals surface area (Å²) in [6.45, 7) is 3.47. The van der Waals surface area contributed by atoms with Crippen molar-refractivity contribution >= 4 is 29.6 Å². The lowest BCUT2D eigenvalue weighted by atomic mass is 10.0. The standard InChI is InChI=1S/C17H29N5O6/c1-9(2)6-11(15(26)20-8-14(24)25)21-16(27)12-4-3-5-22(12)17(28)10(18)7-13(19)23/h9-12H,3-8,18H2,1-2H3,(H2,19,23)(H,20,26)(H,21,27)(H,24,25).